The lowest BCUT2D eigenvalue weighted by molar-refractivity contribution is 0.101. The maximum Gasteiger partial charge on any atom is 0.166 e. The maximum atomic E-state index is 11.5. The Labute approximate surface area is 385 Å². The Morgan fingerprint density at radius 1 is 0.524 bits per heavy atom. The molecular formula is C52H44ClN3O4S3. The summed E-state index contributed by atoms with van der Waals surface area (Å²) < 4.78 is 13.0. The molecule has 0 aliphatic carbocycles. The number of benzene rings is 8. The second-order valence-electron chi connectivity index (χ2n) is 14.2. The highest BCUT2D eigenvalue weighted by Gasteiger charge is 2.09. The number of Topliss-reactive ketones (excluding diaryl/α,β-unsaturated/α-hetero) is 1. The van der Waals surface area contributed by atoms with Gasteiger partial charge < -0.3 is 15.3 Å². The molecule has 0 spiro atoms. The molecule has 0 aliphatic rings. The molecule has 0 saturated carbocycles. The van der Waals surface area contributed by atoms with Crippen molar-refractivity contribution in [2.24, 2.45) is 13.2 Å². The van der Waals surface area contributed by atoms with E-state index in [2.05, 4.69) is 87.7 Å². The number of halogens is 1. The Kier molecular flexibility index (Phi) is 16.6. The van der Waals surface area contributed by atoms with E-state index < -0.39 is 0 Å². The number of aromatic hydroxyl groups is 3. The van der Waals surface area contributed by atoms with E-state index >= 15 is 0 Å². The van der Waals surface area contributed by atoms with Gasteiger partial charge in [-0.1, -0.05) is 120 Å². The van der Waals surface area contributed by atoms with Crippen LogP contribution in [-0.2, 0) is 0 Å². The van der Waals surface area contributed by atoms with Crippen LogP contribution < -0.4 is 0 Å². The number of phenols is 3. The van der Waals surface area contributed by atoms with Gasteiger partial charge in [-0.25, -0.2) is 13.2 Å². The number of carbonyl (C=O) groups excluding carboxylic acids is 1. The number of nitrogens with zero attached hydrogens (tertiary/aromatic N) is 3. The van der Waals surface area contributed by atoms with Gasteiger partial charge in [0.05, 0.1) is 0 Å². The summed E-state index contributed by atoms with van der Waals surface area (Å²) in [5.74, 6) is -0.134. The van der Waals surface area contributed by atoms with Crippen LogP contribution in [0.4, 0.5) is 0 Å². The van der Waals surface area contributed by atoms with Crippen LogP contribution >= 0.6 is 47.4 Å². The first-order valence-electron chi connectivity index (χ1n) is 19.7. The molecule has 11 heteroatoms. The number of hydrogen-bond acceptors (Lipinski definition) is 10. The fourth-order valence-electron chi connectivity index (χ4n) is 6.15. The van der Waals surface area contributed by atoms with Crippen molar-refractivity contribution >= 4 is 93.4 Å². The third-order valence-electron chi connectivity index (χ3n) is 9.64. The molecule has 316 valence electrons. The number of phenolic OH excluding ortho intramolecular Hbond substituents is 3. The van der Waals surface area contributed by atoms with Gasteiger partial charge in [0.2, 0.25) is 0 Å². The average Bonchev–Trinajstić information content (AvgIpc) is 3.29. The zero-order valence-corrected chi connectivity index (χ0v) is 38.1. The summed E-state index contributed by atoms with van der Waals surface area (Å²) in [4.78, 5) is 14.4. The molecule has 8 aromatic carbocycles. The second-order valence-corrected chi connectivity index (χ2v) is 17.2. The van der Waals surface area contributed by atoms with E-state index in [4.69, 9.17) is 11.6 Å². The molecule has 0 radical (unpaired) electrons. The lowest BCUT2D eigenvalue weighted by Gasteiger charge is -2.05. The van der Waals surface area contributed by atoms with Crippen LogP contribution in [0.25, 0.3) is 21.5 Å². The lowest BCUT2D eigenvalue weighted by atomic mass is 10.0. The first-order valence-corrected chi connectivity index (χ1v) is 22.4. The smallest absolute Gasteiger partial charge is 0.166 e. The molecule has 0 aliphatic heterocycles. The molecular weight excluding hydrogens is 862 g/mol. The Morgan fingerprint density at radius 3 is 1.70 bits per heavy atom. The van der Waals surface area contributed by atoms with Gasteiger partial charge in [0.25, 0.3) is 0 Å². The largest absolute Gasteiger partial charge is 0.507 e. The molecule has 7 nitrogen and oxygen atoms in total. The topological polar surface area (TPSA) is 115 Å². The van der Waals surface area contributed by atoms with Crippen LogP contribution in [0.3, 0.4) is 0 Å². The van der Waals surface area contributed by atoms with Crippen molar-refractivity contribution in [1.82, 2.24) is 0 Å². The normalized spacial score (nSPS) is 11.2. The van der Waals surface area contributed by atoms with Gasteiger partial charge >= 0.3 is 0 Å². The third kappa shape index (κ3) is 12.9. The van der Waals surface area contributed by atoms with Gasteiger partial charge in [0, 0.05) is 96.5 Å². The van der Waals surface area contributed by atoms with E-state index in [-0.39, 0.29) is 23.0 Å². The van der Waals surface area contributed by atoms with Gasteiger partial charge in [-0.05, 0) is 115 Å². The molecule has 0 atom stereocenters. The van der Waals surface area contributed by atoms with Crippen LogP contribution in [0, 0.1) is 20.8 Å². The third-order valence-corrected chi connectivity index (χ3v) is 12.0. The lowest BCUT2D eigenvalue weighted by Crippen LogP contribution is -1.93. The minimum Gasteiger partial charge on any atom is -0.507 e. The van der Waals surface area contributed by atoms with Gasteiger partial charge in [0.15, 0.2) is 17.3 Å². The zero-order valence-electron chi connectivity index (χ0n) is 34.9. The standard InChI is InChI=1S/C19H17NS.C17H12ClNOS.C16H15NO3S/c1-14-7-11-17(12-8-14)21-20-13-19-15(2)9-10-16-5-3-4-6-18(16)19;18-13-6-8-14(9-7-13)21-19-11-16-15-4-2-1-3-12(15)5-10-17(16)20;1-10-7-8-12(16(20)15(10)19)9-17-21-14-6-4-3-5-13(14)11(2)18/h3-13H,1-2H3;1-11,20H;3-9,19-20H,1-2H3. The summed E-state index contributed by atoms with van der Waals surface area (Å²) in [5.41, 5.74) is 6.08. The molecule has 0 amide bonds. The van der Waals surface area contributed by atoms with Crippen LogP contribution in [0.15, 0.2) is 186 Å². The van der Waals surface area contributed by atoms with Gasteiger partial charge in [0.1, 0.15) is 5.75 Å². The molecule has 3 N–H and O–H groups in total. The number of aryl methyl sites for hydroxylation is 3. The Morgan fingerprint density at radius 2 is 1.05 bits per heavy atom. The SMILES string of the molecule is CC(=O)c1ccccc1SN=Cc1ccc(C)c(O)c1O.Cc1ccc(SN=Cc2c(C)ccc3ccccc23)cc1.Oc1ccc2ccccc2c1C=NSc1ccc(Cl)cc1. The average molecular weight is 907 g/mol. The van der Waals surface area contributed by atoms with Crippen LogP contribution in [0.1, 0.15) is 50.7 Å². The molecule has 0 saturated heterocycles. The summed E-state index contributed by atoms with van der Waals surface area (Å²) in [6.45, 7) is 7.43. The van der Waals surface area contributed by atoms with Crippen molar-refractivity contribution in [2.45, 2.75) is 42.4 Å². The van der Waals surface area contributed by atoms with Crippen molar-refractivity contribution in [2.75, 3.05) is 0 Å². The van der Waals surface area contributed by atoms with Gasteiger partial charge in [-0.15, -0.1) is 0 Å². The van der Waals surface area contributed by atoms with Crippen molar-refractivity contribution in [3.63, 3.8) is 0 Å². The molecule has 0 aromatic heterocycles. The van der Waals surface area contributed by atoms with E-state index in [9.17, 15) is 20.1 Å². The zero-order chi connectivity index (χ0) is 44.7. The molecule has 0 bridgehead atoms. The highest BCUT2D eigenvalue weighted by molar-refractivity contribution is 7.98. The Bertz CT molecular complexity index is 2800. The van der Waals surface area contributed by atoms with Crippen LogP contribution in [0.2, 0.25) is 5.02 Å². The number of hydrogen-bond donors (Lipinski definition) is 3. The summed E-state index contributed by atoms with van der Waals surface area (Å²) in [5, 5.41) is 34.8. The van der Waals surface area contributed by atoms with E-state index in [0.29, 0.717) is 21.7 Å². The first kappa shape index (κ1) is 46.2. The van der Waals surface area contributed by atoms with Crippen molar-refractivity contribution in [3.8, 4) is 17.2 Å². The monoisotopic (exact) mass is 905 g/mol. The van der Waals surface area contributed by atoms with E-state index in [1.54, 1.807) is 43.5 Å². The molecule has 0 unspecified atom stereocenters. The van der Waals surface area contributed by atoms with Crippen LogP contribution in [-0.4, -0.2) is 39.7 Å². The fourth-order valence-corrected chi connectivity index (χ4v) is 8.08. The van der Waals surface area contributed by atoms with E-state index in [1.165, 1.54) is 64.5 Å². The summed E-state index contributed by atoms with van der Waals surface area (Å²) >= 11 is 9.84. The van der Waals surface area contributed by atoms with Crippen molar-refractivity contribution in [3.05, 3.63) is 202 Å². The highest BCUT2D eigenvalue weighted by atomic mass is 35.5. The van der Waals surface area contributed by atoms with Crippen molar-refractivity contribution in [1.29, 1.82) is 0 Å². The van der Waals surface area contributed by atoms with Crippen molar-refractivity contribution < 1.29 is 20.1 Å². The molecule has 8 rings (SSSR count). The summed E-state index contributed by atoms with van der Waals surface area (Å²) in [6.07, 6.45) is 5.12. The van der Waals surface area contributed by atoms with E-state index in [1.807, 2.05) is 72.9 Å². The second kappa shape index (κ2) is 22.7. The highest BCUT2D eigenvalue weighted by Crippen LogP contribution is 2.32. The van der Waals surface area contributed by atoms with Crippen LogP contribution in [0.5, 0.6) is 17.2 Å². The molecule has 63 heavy (non-hydrogen) atoms. The van der Waals surface area contributed by atoms with Gasteiger partial charge in [-0.2, -0.15) is 0 Å². The number of ketones is 1. The fraction of sp³-hybridized carbons (Fsp3) is 0.0769. The molecule has 8 aromatic rings. The predicted molar refractivity (Wildman–Crippen MR) is 268 cm³/mol. The van der Waals surface area contributed by atoms with Gasteiger partial charge in [-0.3, -0.25) is 4.79 Å². The Hall–Kier alpha value is -6.30. The maximum absolute atomic E-state index is 11.5. The minimum absolute atomic E-state index is 0.0240. The molecule has 0 fully saturated rings. The Balaban J connectivity index is 0.000000157. The number of rotatable bonds is 10. The number of fused-ring (bicyclic) bond motifs is 2. The van der Waals surface area contributed by atoms with E-state index in [0.717, 1.165) is 43.0 Å². The quantitative estimate of drug-likeness (QED) is 0.0542. The summed E-state index contributed by atoms with van der Waals surface area (Å²) in [7, 11) is 0. The number of carbonyl (C=O) groups is 1. The minimum atomic E-state index is -0.195. The predicted octanol–water partition coefficient (Wildman–Crippen LogP) is 14.6. The summed E-state index contributed by atoms with van der Waals surface area (Å²) in [6, 6.07) is 50.7. The first-order chi connectivity index (χ1) is 30.5. The molecule has 0 heterocycles.